The largest absolute Gasteiger partial charge is 0.490 e. The van der Waals surface area contributed by atoms with Gasteiger partial charge in [0, 0.05) is 66.8 Å². The summed E-state index contributed by atoms with van der Waals surface area (Å²) in [5, 5.41) is 4.44. The molecule has 52 heavy (non-hydrogen) atoms. The first-order chi connectivity index (χ1) is 25.0. The number of nitrogens with zero attached hydrogens (tertiary/aromatic N) is 4. The summed E-state index contributed by atoms with van der Waals surface area (Å²) in [6.45, 7) is 5.94. The maximum Gasteiger partial charge on any atom is 0.285 e. The number of rotatable bonds is 6. The highest BCUT2D eigenvalue weighted by Gasteiger charge is 2.44. The number of methoxy groups -OCH3 is 1. The molecule has 1 fully saturated rings. The van der Waals surface area contributed by atoms with Crippen molar-refractivity contribution in [3.8, 4) is 5.75 Å². The van der Waals surface area contributed by atoms with E-state index in [2.05, 4.69) is 38.6 Å². The molecular weight excluding hydrogens is 696 g/mol. The van der Waals surface area contributed by atoms with Gasteiger partial charge in [-0.2, -0.15) is 9.46 Å². The standard InChI is InChI=1S/C41H51ClN4O5S/c1-27-7-5-9-38(50-4)35-15-10-31(35)23-46-25-41(19-6-8-29-21-32(42)12-16-36(29)41)26-51-39-17-11-30(22-37(39)46)40(48)44-52(49,28(27)2)24-34(47)14-13-33-18-20-43-45(33)3/h5,9,11-12,16-18,20-22,27-28,31,35,38H,6-8,10,13-15,19,23-26H2,1-4H3/b9-5+/t27-,28+,31-,35+,38-,41-,52-/m0/s1. The molecule has 1 amide bonds. The van der Waals surface area contributed by atoms with Crippen LogP contribution in [0, 0.1) is 17.8 Å². The molecule has 7 atom stereocenters. The lowest BCUT2D eigenvalue weighted by molar-refractivity contribution is -0.116. The van der Waals surface area contributed by atoms with Crippen LogP contribution in [0.4, 0.5) is 5.69 Å². The van der Waals surface area contributed by atoms with Crippen LogP contribution in [0.25, 0.3) is 0 Å². The predicted molar refractivity (Wildman–Crippen MR) is 206 cm³/mol. The molecule has 1 saturated carbocycles. The van der Waals surface area contributed by atoms with Crippen molar-refractivity contribution in [1.29, 1.82) is 0 Å². The summed E-state index contributed by atoms with van der Waals surface area (Å²) < 4.78 is 33.9. The second-order valence-electron chi connectivity index (χ2n) is 15.6. The number of carbonyl (C=O) groups excluding carboxylic acids is 2. The predicted octanol–water partition coefficient (Wildman–Crippen LogP) is 7.38. The lowest BCUT2D eigenvalue weighted by Crippen LogP contribution is -2.49. The number of anilines is 1. The minimum absolute atomic E-state index is 0.0427. The number of fused-ring (bicyclic) bond motifs is 4. The van der Waals surface area contributed by atoms with Gasteiger partial charge in [0.25, 0.3) is 5.91 Å². The molecule has 0 radical (unpaired) electrons. The van der Waals surface area contributed by atoms with Crippen molar-refractivity contribution >= 4 is 38.7 Å². The number of ketones is 1. The van der Waals surface area contributed by atoms with E-state index in [0.29, 0.717) is 36.8 Å². The van der Waals surface area contributed by atoms with Crippen LogP contribution in [0.1, 0.15) is 79.6 Å². The zero-order chi connectivity index (χ0) is 36.6. The molecule has 1 aromatic heterocycles. The Morgan fingerprint density at radius 3 is 2.75 bits per heavy atom. The Labute approximate surface area is 313 Å². The first-order valence-electron chi connectivity index (χ1n) is 18.8. The number of benzene rings is 2. The van der Waals surface area contributed by atoms with Gasteiger partial charge in [0.05, 0.1) is 33.9 Å². The van der Waals surface area contributed by atoms with Gasteiger partial charge in [-0.1, -0.05) is 36.7 Å². The smallest absolute Gasteiger partial charge is 0.285 e. The van der Waals surface area contributed by atoms with Crippen LogP contribution in [0.3, 0.4) is 0 Å². The van der Waals surface area contributed by atoms with Crippen LogP contribution in [0.2, 0.25) is 5.02 Å². The van der Waals surface area contributed by atoms with Crippen LogP contribution in [-0.2, 0) is 44.6 Å². The summed E-state index contributed by atoms with van der Waals surface area (Å²) >= 11 is 6.47. The fraction of sp³-hybridized carbons (Fsp3) is 0.537. The SMILES string of the molecule is CO[C@H]1/C=C/C[C@H](C)[C@@H](C)[S@@](=O)(CC(=O)CCc2ccnn2C)=NC(=O)c2ccc3c(c2)N(C[C@@H]2CC[C@H]21)C[C@@]1(CCCc2cc(Cl)ccc21)CO3. The van der Waals surface area contributed by atoms with Crippen molar-refractivity contribution in [3.05, 3.63) is 88.2 Å². The molecule has 278 valence electrons. The Morgan fingerprint density at radius 1 is 1.15 bits per heavy atom. The second-order valence-corrected chi connectivity index (χ2v) is 18.6. The molecule has 7 rings (SSSR count). The number of hydrogen-bond donors (Lipinski definition) is 0. The van der Waals surface area contributed by atoms with E-state index in [9.17, 15) is 13.8 Å². The molecule has 2 aliphatic heterocycles. The first-order valence-corrected chi connectivity index (χ1v) is 20.9. The normalized spacial score (nSPS) is 31.0. The van der Waals surface area contributed by atoms with Crippen molar-refractivity contribution in [2.24, 2.45) is 29.2 Å². The number of amides is 1. The molecule has 9 nitrogen and oxygen atoms in total. The molecule has 0 saturated heterocycles. The monoisotopic (exact) mass is 746 g/mol. The highest BCUT2D eigenvalue weighted by atomic mass is 35.5. The lowest BCUT2D eigenvalue weighted by Gasteiger charge is -2.46. The maximum atomic E-state index is 14.9. The quantitative estimate of drug-likeness (QED) is 0.243. The Balaban J connectivity index is 1.28. The van der Waals surface area contributed by atoms with Crippen LogP contribution >= 0.6 is 11.6 Å². The molecule has 2 aliphatic carbocycles. The fourth-order valence-electron chi connectivity index (χ4n) is 8.82. The Hall–Kier alpha value is -3.47. The first kappa shape index (κ1) is 36.9. The number of Topliss-reactive ketones (excluding diaryl/α,β-unsaturated/α-hetero) is 1. The van der Waals surface area contributed by atoms with E-state index in [4.69, 9.17) is 21.1 Å². The van der Waals surface area contributed by atoms with Crippen molar-refractivity contribution in [2.75, 3.05) is 37.5 Å². The number of halogens is 1. The molecule has 1 spiro atoms. The number of carbonyl (C=O) groups is 2. The van der Waals surface area contributed by atoms with Gasteiger partial charge in [-0.05, 0) is 117 Å². The van der Waals surface area contributed by atoms with E-state index in [-0.39, 0.29) is 35.4 Å². The van der Waals surface area contributed by atoms with Gasteiger partial charge in [0.2, 0.25) is 0 Å². The third-order valence-corrected chi connectivity index (χ3v) is 15.4. The van der Waals surface area contributed by atoms with Crippen LogP contribution in [0.5, 0.6) is 5.75 Å². The third kappa shape index (κ3) is 7.35. The molecule has 4 aliphatic rings. The highest BCUT2D eigenvalue weighted by Crippen LogP contribution is 2.47. The average molecular weight is 747 g/mol. The maximum absolute atomic E-state index is 14.9. The number of ether oxygens (including phenoxy) is 2. The minimum atomic E-state index is -3.29. The topological polar surface area (TPSA) is 103 Å². The number of aromatic nitrogens is 2. The second kappa shape index (κ2) is 15.1. The van der Waals surface area contributed by atoms with Crippen LogP contribution in [0.15, 0.2) is 65.2 Å². The number of aryl methyl sites for hydroxylation is 3. The molecule has 2 bridgehead atoms. The third-order valence-electron chi connectivity index (χ3n) is 12.3. The van der Waals surface area contributed by atoms with Gasteiger partial charge in [-0.3, -0.25) is 14.3 Å². The van der Waals surface area contributed by atoms with Gasteiger partial charge in [-0.15, -0.1) is 0 Å². The molecule has 0 unspecified atom stereocenters. The van der Waals surface area contributed by atoms with E-state index < -0.39 is 20.9 Å². The Kier molecular flexibility index (Phi) is 10.7. The van der Waals surface area contributed by atoms with Gasteiger partial charge >= 0.3 is 0 Å². The van der Waals surface area contributed by atoms with Crippen LogP contribution < -0.4 is 9.64 Å². The highest BCUT2D eigenvalue weighted by molar-refractivity contribution is 7.95. The summed E-state index contributed by atoms with van der Waals surface area (Å²) in [6.07, 6.45) is 12.4. The van der Waals surface area contributed by atoms with Gasteiger partial charge in [0.15, 0.2) is 0 Å². The molecule has 2 aromatic carbocycles. The average Bonchev–Trinajstić information content (AvgIpc) is 3.46. The van der Waals surface area contributed by atoms with E-state index in [0.717, 1.165) is 67.3 Å². The Bertz CT molecular complexity index is 1980. The minimum Gasteiger partial charge on any atom is -0.490 e. The van der Waals surface area contributed by atoms with E-state index in [1.807, 2.05) is 45.2 Å². The molecule has 3 heterocycles. The number of allylic oxidation sites excluding steroid dienone is 1. The van der Waals surface area contributed by atoms with Gasteiger partial charge < -0.3 is 14.4 Å². The molecule has 0 N–H and O–H groups in total. The zero-order valence-electron chi connectivity index (χ0n) is 30.8. The van der Waals surface area contributed by atoms with E-state index in [1.54, 1.807) is 24.1 Å². The molecular formula is C41H51ClN4O5S. The molecule has 11 heteroatoms. The van der Waals surface area contributed by atoms with Crippen molar-refractivity contribution in [1.82, 2.24) is 9.78 Å². The van der Waals surface area contributed by atoms with Crippen molar-refractivity contribution in [3.63, 3.8) is 0 Å². The van der Waals surface area contributed by atoms with Crippen molar-refractivity contribution in [2.45, 2.75) is 82.0 Å². The summed E-state index contributed by atoms with van der Waals surface area (Å²) in [6, 6.07) is 13.6. The van der Waals surface area contributed by atoms with Gasteiger partial charge in [0.1, 0.15) is 11.5 Å². The zero-order valence-corrected chi connectivity index (χ0v) is 32.3. The summed E-state index contributed by atoms with van der Waals surface area (Å²) in [7, 11) is 0.328. The van der Waals surface area contributed by atoms with E-state index >= 15 is 0 Å². The fourth-order valence-corrected chi connectivity index (χ4v) is 11.3. The van der Waals surface area contributed by atoms with Crippen molar-refractivity contribution < 1.29 is 23.3 Å². The summed E-state index contributed by atoms with van der Waals surface area (Å²) in [4.78, 5) is 30.0. The molecule has 3 aromatic rings. The van der Waals surface area contributed by atoms with Crippen LogP contribution in [-0.4, -0.2) is 69.6 Å². The summed E-state index contributed by atoms with van der Waals surface area (Å²) in [5.41, 5.74) is 4.43. The Morgan fingerprint density at radius 2 is 2.00 bits per heavy atom. The van der Waals surface area contributed by atoms with Gasteiger partial charge in [-0.25, -0.2) is 4.21 Å². The lowest BCUT2D eigenvalue weighted by atomic mass is 9.68. The number of hydrogen-bond acceptors (Lipinski definition) is 7. The summed E-state index contributed by atoms with van der Waals surface area (Å²) in [5.74, 6) is 0.368. The van der Waals surface area contributed by atoms with E-state index in [1.165, 1.54) is 11.1 Å².